The molecule has 0 spiro atoms. The number of aryl methyl sites for hydroxylation is 1. The molecule has 116 valence electrons. The van der Waals surface area contributed by atoms with Gasteiger partial charge in [-0.3, -0.25) is 19.3 Å². The van der Waals surface area contributed by atoms with E-state index in [1.165, 1.54) is 6.07 Å². The number of amides is 3. The second-order valence-corrected chi connectivity index (χ2v) is 5.31. The zero-order valence-electron chi connectivity index (χ0n) is 12.4. The number of nitrogens with one attached hydrogen (secondary N) is 1. The molecule has 0 saturated carbocycles. The summed E-state index contributed by atoms with van der Waals surface area (Å²) in [6.07, 6.45) is 0. The maximum Gasteiger partial charge on any atom is 0.262 e. The summed E-state index contributed by atoms with van der Waals surface area (Å²) in [7, 11) is 0. The second-order valence-electron chi connectivity index (χ2n) is 5.31. The average Bonchev–Trinajstić information content (AvgIpc) is 2.76. The molecule has 0 radical (unpaired) electrons. The Morgan fingerprint density at radius 1 is 1.09 bits per heavy atom. The average molecular weight is 310 g/mol. The first-order chi connectivity index (χ1) is 11.0. The Labute approximate surface area is 132 Å². The summed E-state index contributed by atoms with van der Waals surface area (Å²) in [5.41, 5.74) is 1.67. The molecule has 2 N–H and O–H groups in total. The molecule has 2 aromatic carbocycles. The summed E-state index contributed by atoms with van der Waals surface area (Å²) in [6, 6.07) is 11.2. The highest BCUT2D eigenvalue weighted by Crippen LogP contribution is 2.25. The molecule has 6 nitrogen and oxygen atoms in total. The van der Waals surface area contributed by atoms with Crippen LogP contribution in [0.4, 0.5) is 5.69 Å². The van der Waals surface area contributed by atoms with E-state index >= 15 is 0 Å². The fourth-order valence-corrected chi connectivity index (χ4v) is 2.46. The van der Waals surface area contributed by atoms with Crippen molar-refractivity contribution in [2.24, 2.45) is 0 Å². The summed E-state index contributed by atoms with van der Waals surface area (Å²) >= 11 is 0. The van der Waals surface area contributed by atoms with Crippen LogP contribution in [0.1, 0.15) is 26.3 Å². The van der Waals surface area contributed by atoms with Gasteiger partial charge < -0.3 is 10.4 Å². The van der Waals surface area contributed by atoms with Crippen molar-refractivity contribution in [2.75, 3.05) is 11.9 Å². The van der Waals surface area contributed by atoms with Crippen LogP contribution in [0.5, 0.6) is 5.75 Å². The lowest BCUT2D eigenvalue weighted by atomic mass is 10.1. The Morgan fingerprint density at radius 3 is 2.26 bits per heavy atom. The fourth-order valence-electron chi connectivity index (χ4n) is 2.46. The van der Waals surface area contributed by atoms with Gasteiger partial charge in [0.2, 0.25) is 5.91 Å². The minimum atomic E-state index is -0.557. The molecule has 23 heavy (non-hydrogen) atoms. The first kappa shape index (κ1) is 14.8. The van der Waals surface area contributed by atoms with Gasteiger partial charge in [-0.1, -0.05) is 18.2 Å². The van der Waals surface area contributed by atoms with Crippen LogP contribution in [0.25, 0.3) is 0 Å². The SMILES string of the molecule is Cc1ccc(NC(=O)CN2C(=O)c3ccccc3C2=O)c(O)c1. The van der Waals surface area contributed by atoms with E-state index in [0.29, 0.717) is 11.1 Å². The van der Waals surface area contributed by atoms with E-state index in [-0.39, 0.29) is 11.4 Å². The Hall–Kier alpha value is -3.15. The Kier molecular flexibility index (Phi) is 3.57. The Balaban J connectivity index is 1.74. The number of carbonyl (C=O) groups excluding carboxylic acids is 3. The van der Waals surface area contributed by atoms with E-state index in [4.69, 9.17) is 0 Å². The number of imide groups is 1. The van der Waals surface area contributed by atoms with Crippen LogP contribution < -0.4 is 5.32 Å². The summed E-state index contributed by atoms with van der Waals surface area (Å²) in [5, 5.41) is 12.3. The molecule has 3 amide bonds. The number of nitrogens with zero attached hydrogens (tertiary/aromatic N) is 1. The van der Waals surface area contributed by atoms with Crippen LogP contribution in [-0.4, -0.2) is 34.3 Å². The summed E-state index contributed by atoms with van der Waals surface area (Å²) < 4.78 is 0. The van der Waals surface area contributed by atoms with E-state index in [1.807, 2.05) is 6.92 Å². The van der Waals surface area contributed by atoms with Gasteiger partial charge in [0, 0.05) is 0 Å². The number of anilines is 1. The molecular formula is C17H14N2O4. The lowest BCUT2D eigenvalue weighted by molar-refractivity contribution is -0.116. The highest BCUT2D eigenvalue weighted by Gasteiger charge is 2.36. The molecule has 0 aromatic heterocycles. The third-order valence-electron chi connectivity index (χ3n) is 3.61. The number of hydrogen-bond acceptors (Lipinski definition) is 4. The maximum atomic E-state index is 12.2. The molecule has 6 heteroatoms. The quantitative estimate of drug-likeness (QED) is 0.670. The van der Waals surface area contributed by atoms with Gasteiger partial charge in [0.25, 0.3) is 11.8 Å². The van der Waals surface area contributed by atoms with Gasteiger partial charge >= 0.3 is 0 Å². The molecular weight excluding hydrogens is 296 g/mol. The highest BCUT2D eigenvalue weighted by atomic mass is 16.3. The minimum Gasteiger partial charge on any atom is -0.506 e. The standard InChI is InChI=1S/C17H14N2O4/c1-10-6-7-13(14(20)8-10)18-15(21)9-19-16(22)11-4-2-3-5-12(11)17(19)23/h2-8,20H,9H2,1H3,(H,18,21). The van der Waals surface area contributed by atoms with E-state index < -0.39 is 24.3 Å². The number of aromatic hydroxyl groups is 1. The third-order valence-corrected chi connectivity index (χ3v) is 3.61. The molecule has 1 heterocycles. The number of benzene rings is 2. The van der Waals surface area contributed by atoms with Crippen molar-refractivity contribution in [3.8, 4) is 5.75 Å². The number of phenolic OH excluding ortho intramolecular Hbond substituents is 1. The monoisotopic (exact) mass is 310 g/mol. The van der Waals surface area contributed by atoms with Crippen LogP contribution in [0.3, 0.4) is 0 Å². The van der Waals surface area contributed by atoms with Gasteiger partial charge in [0.05, 0.1) is 16.8 Å². The Bertz CT molecular complexity index is 794. The molecule has 0 saturated heterocycles. The zero-order valence-corrected chi connectivity index (χ0v) is 12.4. The summed E-state index contributed by atoms with van der Waals surface area (Å²) in [5.74, 6) is -1.61. The summed E-state index contributed by atoms with van der Waals surface area (Å²) in [4.78, 5) is 37.3. The molecule has 2 aromatic rings. The zero-order chi connectivity index (χ0) is 16.6. The van der Waals surface area contributed by atoms with Crippen molar-refractivity contribution in [1.82, 2.24) is 4.90 Å². The highest BCUT2D eigenvalue weighted by molar-refractivity contribution is 6.22. The van der Waals surface area contributed by atoms with Gasteiger partial charge in [0.1, 0.15) is 12.3 Å². The van der Waals surface area contributed by atoms with Crippen LogP contribution in [0.15, 0.2) is 42.5 Å². The summed E-state index contributed by atoms with van der Waals surface area (Å²) in [6.45, 7) is 1.41. The van der Waals surface area contributed by atoms with Crippen molar-refractivity contribution in [1.29, 1.82) is 0 Å². The number of hydrogen-bond donors (Lipinski definition) is 2. The molecule has 0 atom stereocenters. The van der Waals surface area contributed by atoms with E-state index in [1.54, 1.807) is 36.4 Å². The van der Waals surface area contributed by atoms with Gasteiger partial charge in [-0.2, -0.15) is 0 Å². The topological polar surface area (TPSA) is 86.7 Å². The van der Waals surface area contributed by atoms with Crippen LogP contribution in [-0.2, 0) is 4.79 Å². The molecule has 3 rings (SSSR count). The number of rotatable bonds is 3. The first-order valence-corrected chi connectivity index (χ1v) is 7.02. The first-order valence-electron chi connectivity index (χ1n) is 7.02. The van der Waals surface area contributed by atoms with Crippen molar-refractivity contribution >= 4 is 23.4 Å². The molecule has 0 aliphatic carbocycles. The molecule has 0 fully saturated rings. The van der Waals surface area contributed by atoms with E-state index in [0.717, 1.165) is 10.5 Å². The lowest BCUT2D eigenvalue weighted by Crippen LogP contribution is -2.37. The molecule has 0 bridgehead atoms. The van der Waals surface area contributed by atoms with Crippen LogP contribution in [0, 0.1) is 6.92 Å². The van der Waals surface area contributed by atoms with Crippen LogP contribution >= 0.6 is 0 Å². The third kappa shape index (κ3) is 2.66. The molecule has 0 unspecified atom stereocenters. The largest absolute Gasteiger partial charge is 0.506 e. The predicted molar refractivity (Wildman–Crippen MR) is 83.3 cm³/mol. The van der Waals surface area contributed by atoms with Crippen molar-refractivity contribution in [3.63, 3.8) is 0 Å². The molecule has 1 aliphatic heterocycles. The second kappa shape index (κ2) is 5.57. The molecule has 1 aliphatic rings. The van der Waals surface area contributed by atoms with Gasteiger partial charge in [-0.15, -0.1) is 0 Å². The number of phenols is 1. The normalized spacial score (nSPS) is 13.2. The van der Waals surface area contributed by atoms with E-state index in [9.17, 15) is 19.5 Å². The van der Waals surface area contributed by atoms with Crippen molar-refractivity contribution in [3.05, 3.63) is 59.2 Å². The number of carbonyl (C=O) groups is 3. The van der Waals surface area contributed by atoms with Crippen molar-refractivity contribution < 1.29 is 19.5 Å². The maximum absolute atomic E-state index is 12.2. The van der Waals surface area contributed by atoms with Gasteiger partial charge in [0.15, 0.2) is 0 Å². The van der Waals surface area contributed by atoms with Gasteiger partial charge in [-0.05, 0) is 36.8 Å². The minimum absolute atomic E-state index is 0.0688. The van der Waals surface area contributed by atoms with Crippen molar-refractivity contribution in [2.45, 2.75) is 6.92 Å². The van der Waals surface area contributed by atoms with Crippen LogP contribution in [0.2, 0.25) is 0 Å². The van der Waals surface area contributed by atoms with Gasteiger partial charge in [-0.25, -0.2) is 0 Å². The van der Waals surface area contributed by atoms with E-state index in [2.05, 4.69) is 5.32 Å². The smallest absolute Gasteiger partial charge is 0.262 e. The predicted octanol–water partition coefficient (Wildman–Crippen LogP) is 1.94. The lowest BCUT2D eigenvalue weighted by Gasteiger charge is -2.14. The number of fused-ring (bicyclic) bond motifs is 1. The fraction of sp³-hybridized carbons (Fsp3) is 0.118. The Morgan fingerprint density at radius 2 is 1.70 bits per heavy atom.